The zero-order valence-electron chi connectivity index (χ0n) is 7.68. The molecule has 14 heavy (non-hydrogen) atoms. The van der Waals surface area contributed by atoms with Gasteiger partial charge in [-0.25, -0.2) is 4.39 Å². The standard InChI is InChI=1S/C10H9ClFNO/c1-2-14-10-6-9(12)7(3-4-13)5-8(10)11/h5-6H,2-3H2,1H3. The third-order valence-electron chi connectivity index (χ3n) is 1.67. The first-order chi connectivity index (χ1) is 6.69. The van der Waals surface area contributed by atoms with Crippen LogP contribution in [0, 0.1) is 17.1 Å². The zero-order chi connectivity index (χ0) is 10.6. The van der Waals surface area contributed by atoms with Gasteiger partial charge >= 0.3 is 0 Å². The van der Waals surface area contributed by atoms with Crippen LogP contribution in [0.3, 0.4) is 0 Å². The molecule has 0 aliphatic heterocycles. The largest absolute Gasteiger partial charge is 0.492 e. The normalized spacial score (nSPS) is 9.57. The van der Waals surface area contributed by atoms with E-state index in [0.29, 0.717) is 22.9 Å². The molecule has 2 nitrogen and oxygen atoms in total. The number of halogens is 2. The van der Waals surface area contributed by atoms with E-state index in [4.69, 9.17) is 21.6 Å². The Morgan fingerprint density at radius 3 is 2.86 bits per heavy atom. The number of hydrogen-bond donors (Lipinski definition) is 0. The Hall–Kier alpha value is -1.27. The van der Waals surface area contributed by atoms with E-state index in [1.807, 2.05) is 6.07 Å². The fourth-order valence-corrected chi connectivity index (χ4v) is 1.30. The molecular weight excluding hydrogens is 205 g/mol. The van der Waals surface area contributed by atoms with Crippen LogP contribution in [-0.2, 0) is 6.42 Å². The van der Waals surface area contributed by atoms with Gasteiger partial charge in [0.1, 0.15) is 11.6 Å². The van der Waals surface area contributed by atoms with Crippen molar-refractivity contribution in [3.8, 4) is 11.8 Å². The highest BCUT2D eigenvalue weighted by molar-refractivity contribution is 6.32. The molecular formula is C10H9ClFNO. The maximum Gasteiger partial charge on any atom is 0.140 e. The Morgan fingerprint density at radius 2 is 2.29 bits per heavy atom. The van der Waals surface area contributed by atoms with Crippen LogP contribution in [0.1, 0.15) is 12.5 Å². The fraction of sp³-hybridized carbons (Fsp3) is 0.300. The van der Waals surface area contributed by atoms with Gasteiger partial charge in [-0.3, -0.25) is 0 Å². The monoisotopic (exact) mass is 213 g/mol. The van der Waals surface area contributed by atoms with Gasteiger partial charge in [0, 0.05) is 11.6 Å². The van der Waals surface area contributed by atoms with Gasteiger partial charge in [0.05, 0.1) is 24.1 Å². The predicted octanol–water partition coefficient (Wildman–Crippen LogP) is 2.94. The maximum atomic E-state index is 13.3. The first kappa shape index (κ1) is 10.8. The first-order valence-electron chi connectivity index (χ1n) is 4.16. The number of nitriles is 1. The van der Waals surface area contributed by atoms with Crippen molar-refractivity contribution < 1.29 is 9.13 Å². The lowest BCUT2D eigenvalue weighted by Crippen LogP contribution is -1.96. The SMILES string of the molecule is CCOc1cc(F)c(CC#N)cc1Cl. The molecule has 0 saturated carbocycles. The van der Waals surface area contributed by atoms with Gasteiger partial charge in [-0.15, -0.1) is 0 Å². The van der Waals surface area contributed by atoms with Crippen LogP contribution in [0.15, 0.2) is 12.1 Å². The lowest BCUT2D eigenvalue weighted by Gasteiger charge is -2.07. The highest BCUT2D eigenvalue weighted by Gasteiger charge is 2.08. The van der Waals surface area contributed by atoms with Crippen molar-refractivity contribution in [2.75, 3.05) is 6.61 Å². The van der Waals surface area contributed by atoms with Crippen molar-refractivity contribution in [2.24, 2.45) is 0 Å². The van der Waals surface area contributed by atoms with E-state index in [1.54, 1.807) is 6.92 Å². The molecule has 4 heteroatoms. The van der Waals surface area contributed by atoms with E-state index >= 15 is 0 Å². The summed E-state index contributed by atoms with van der Waals surface area (Å²) in [5.41, 5.74) is 0.293. The van der Waals surface area contributed by atoms with Gasteiger partial charge in [-0.1, -0.05) is 11.6 Å². The minimum Gasteiger partial charge on any atom is -0.492 e. The molecule has 0 heterocycles. The second kappa shape index (κ2) is 4.83. The van der Waals surface area contributed by atoms with Crippen molar-refractivity contribution in [3.05, 3.63) is 28.5 Å². The summed E-state index contributed by atoms with van der Waals surface area (Å²) in [6.45, 7) is 2.22. The van der Waals surface area contributed by atoms with Crippen LogP contribution < -0.4 is 4.74 Å². The highest BCUT2D eigenvalue weighted by atomic mass is 35.5. The Bertz CT molecular complexity index is 373. The Kier molecular flexibility index (Phi) is 3.73. The molecule has 1 aromatic rings. The Balaban J connectivity index is 3.05. The second-order valence-electron chi connectivity index (χ2n) is 2.64. The zero-order valence-corrected chi connectivity index (χ0v) is 8.44. The molecule has 0 saturated heterocycles. The van der Waals surface area contributed by atoms with E-state index < -0.39 is 5.82 Å². The van der Waals surface area contributed by atoms with Crippen LogP contribution in [-0.4, -0.2) is 6.61 Å². The summed E-state index contributed by atoms with van der Waals surface area (Å²) >= 11 is 5.81. The molecule has 0 atom stereocenters. The summed E-state index contributed by atoms with van der Waals surface area (Å²) in [5, 5.41) is 8.75. The molecule has 0 unspecified atom stereocenters. The Morgan fingerprint density at radius 1 is 1.57 bits per heavy atom. The van der Waals surface area contributed by atoms with Gasteiger partial charge in [0.15, 0.2) is 0 Å². The molecule has 0 radical (unpaired) electrons. The molecule has 0 aromatic heterocycles. The molecule has 0 spiro atoms. The van der Waals surface area contributed by atoms with E-state index in [2.05, 4.69) is 0 Å². The molecule has 1 rings (SSSR count). The summed E-state index contributed by atoms with van der Waals surface area (Å²) in [4.78, 5) is 0. The number of hydrogen-bond acceptors (Lipinski definition) is 2. The molecule has 0 aliphatic carbocycles. The topological polar surface area (TPSA) is 33.0 Å². The second-order valence-corrected chi connectivity index (χ2v) is 3.05. The van der Waals surface area contributed by atoms with Gasteiger partial charge in [-0.2, -0.15) is 5.26 Å². The fourth-order valence-electron chi connectivity index (χ4n) is 1.06. The molecule has 1 aromatic carbocycles. The lowest BCUT2D eigenvalue weighted by atomic mass is 10.1. The van der Waals surface area contributed by atoms with Crippen molar-refractivity contribution in [3.63, 3.8) is 0 Å². The van der Waals surface area contributed by atoms with Crippen LogP contribution in [0.25, 0.3) is 0 Å². The van der Waals surface area contributed by atoms with E-state index in [0.717, 1.165) is 0 Å². The smallest absolute Gasteiger partial charge is 0.140 e. The summed E-state index contributed by atoms with van der Waals surface area (Å²) < 4.78 is 18.3. The molecule has 74 valence electrons. The molecule has 0 bridgehead atoms. The average Bonchev–Trinajstić information content (AvgIpc) is 2.14. The predicted molar refractivity (Wildman–Crippen MR) is 51.9 cm³/mol. The van der Waals surface area contributed by atoms with Crippen molar-refractivity contribution in [1.29, 1.82) is 5.26 Å². The molecule has 0 aliphatic rings. The maximum absolute atomic E-state index is 13.3. The highest BCUT2D eigenvalue weighted by Crippen LogP contribution is 2.27. The summed E-state index contributed by atoms with van der Waals surface area (Å²) in [5.74, 6) is -0.146. The van der Waals surface area contributed by atoms with Crippen molar-refractivity contribution in [1.82, 2.24) is 0 Å². The minimum atomic E-state index is -0.459. The van der Waals surface area contributed by atoms with Gasteiger partial charge in [0.25, 0.3) is 0 Å². The minimum absolute atomic E-state index is 0.0119. The number of nitrogens with zero attached hydrogens (tertiary/aromatic N) is 1. The van der Waals surface area contributed by atoms with Crippen LogP contribution >= 0.6 is 11.6 Å². The molecule has 0 amide bonds. The lowest BCUT2D eigenvalue weighted by molar-refractivity contribution is 0.338. The van der Waals surface area contributed by atoms with Crippen molar-refractivity contribution >= 4 is 11.6 Å². The van der Waals surface area contributed by atoms with Gasteiger partial charge in [0.2, 0.25) is 0 Å². The van der Waals surface area contributed by atoms with Crippen LogP contribution in [0.5, 0.6) is 5.75 Å². The summed E-state index contributed by atoms with van der Waals surface area (Å²) in [6.07, 6.45) is 0.0119. The average molecular weight is 214 g/mol. The number of rotatable bonds is 3. The van der Waals surface area contributed by atoms with Crippen LogP contribution in [0.4, 0.5) is 4.39 Å². The van der Waals surface area contributed by atoms with E-state index in [9.17, 15) is 4.39 Å². The quantitative estimate of drug-likeness (QED) is 0.774. The summed E-state index contributed by atoms with van der Waals surface area (Å²) in [6, 6.07) is 4.49. The first-order valence-corrected chi connectivity index (χ1v) is 4.54. The van der Waals surface area contributed by atoms with Gasteiger partial charge < -0.3 is 4.74 Å². The number of ether oxygens (including phenoxy) is 1. The number of benzene rings is 1. The van der Waals surface area contributed by atoms with Crippen LogP contribution in [0.2, 0.25) is 5.02 Å². The van der Waals surface area contributed by atoms with E-state index in [-0.39, 0.29) is 6.42 Å². The Labute approximate surface area is 86.9 Å². The van der Waals surface area contributed by atoms with Gasteiger partial charge in [-0.05, 0) is 13.0 Å². The summed E-state index contributed by atoms with van der Waals surface area (Å²) in [7, 11) is 0. The molecule has 0 fully saturated rings. The van der Waals surface area contributed by atoms with E-state index in [1.165, 1.54) is 12.1 Å². The third kappa shape index (κ3) is 2.36. The van der Waals surface area contributed by atoms with Crippen molar-refractivity contribution in [2.45, 2.75) is 13.3 Å². The molecule has 0 N–H and O–H groups in total. The third-order valence-corrected chi connectivity index (χ3v) is 1.97.